The van der Waals surface area contributed by atoms with Gasteiger partial charge in [-0.3, -0.25) is 4.79 Å². The average Bonchev–Trinajstić information content (AvgIpc) is 2.26. The lowest BCUT2D eigenvalue weighted by Crippen LogP contribution is -2.57. The highest BCUT2D eigenvalue weighted by Gasteiger charge is 2.68. The van der Waals surface area contributed by atoms with Crippen LogP contribution in [0.5, 0.6) is 0 Å². The fraction of sp³-hybridized carbons (Fsp3) is 0.909. The summed E-state index contributed by atoms with van der Waals surface area (Å²) >= 11 is 0. The van der Waals surface area contributed by atoms with Crippen molar-refractivity contribution < 1.29 is 14.3 Å². The second-order valence-electron chi connectivity index (χ2n) is 5.28. The van der Waals surface area contributed by atoms with Gasteiger partial charge in [-0.15, -0.1) is 0 Å². The van der Waals surface area contributed by atoms with Crippen LogP contribution in [0, 0.1) is 23.7 Å². The van der Waals surface area contributed by atoms with Crippen molar-refractivity contribution in [3.8, 4) is 0 Å². The van der Waals surface area contributed by atoms with E-state index in [4.69, 9.17) is 5.11 Å². The Kier molecular flexibility index (Phi) is 1.55. The highest BCUT2D eigenvalue weighted by molar-refractivity contribution is 5.67. The number of carboxylic acid groups (broad SMARTS) is 1. The predicted molar refractivity (Wildman–Crippen MR) is 48.5 cm³/mol. The summed E-state index contributed by atoms with van der Waals surface area (Å²) in [6.07, 6.45) is 3.91. The minimum Gasteiger partial charge on any atom is -0.481 e. The van der Waals surface area contributed by atoms with Crippen LogP contribution in [-0.2, 0) is 4.79 Å². The molecule has 0 aromatic rings. The van der Waals surface area contributed by atoms with Gasteiger partial charge in [0, 0.05) is 6.42 Å². The van der Waals surface area contributed by atoms with E-state index < -0.39 is 11.6 Å². The smallest absolute Gasteiger partial charge is 0.303 e. The Labute approximate surface area is 82.5 Å². The van der Waals surface area contributed by atoms with Gasteiger partial charge in [0.1, 0.15) is 5.67 Å². The Morgan fingerprint density at radius 3 is 2.93 bits per heavy atom. The Balaban J connectivity index is 1.82. The topological polar surface area (TPSA) is 37.3 Å². The Morgan fingerprint density at radius 1 is 1.43 bits per heavy atom. The lowest BCUT2D eigenvalue weighted by Gasteiger charge is -2.54. The Bertz CT molecular complexity index is 283. The number of alkyl halides is 1. The van der Waals surface area contributed by atoms with Crippen molar-refractivity contribution in [2.24, 2.45) is 23.7 Å². The van der Waals surface area contributed by atoms with E-state index in [1.54, 1.807) is 0 Å². The number of carbonyl (C=O) groups is 1. The number of hydrogen-bond donors (Lipinski definition) is 1. The van der Waals surface area contributed by atoms with Gasteiger partial charge < -0.3 is 5.11 Å². The van der Waals surface area contributed by atoms with E-state index in [9.17, 15) is 9.18 Å². The third-order valence-corrected chi connectivity index (χ3v) is 4.75. The molecule has 14 heavy (non-hydrogen) atoms. The number of rotatable bonds is 2. The number of fused-ring (bicyclic) bond motifs is 1. The number of hydrogen-bond acceptors (Lipinski definition) is 1. The van der Waals surface area contributed by atoms with Gasteiger partial charge in [-0.1, -0.05) is 0 Å². The number of halogens is 1. The Morgan fingerprint density at radius 2 is 2.21 bits per heavy atom. The van der Waals surface area contributed by atoms with Gasteiger partial charge in [0.05, 0.1) is 0 Å². The van der Waals surface area contributed by atoms with Crippen molar-refractivity contribution in [1.82, 2.24) is 0 Å². The first-order valence-corrected chi connectivity index (χ1v) is 5.52. The molecule has 3 aliphatic carbocycles. The molecule has 0 radical (unpaired) electrons. The molecule has 0 aromatic carbocycles. The molecule has 3 heteroatoms. The van der Waals surface area contributed by atoms with E-state index in [-0.39, 0.29) is 24.2 Å². The molecule has 0 amide bonds. The normalized spacial score (nSPS) is 54.1. The van der Waals surface area contributed by atoms with Gasteiger partial charge in [0.25, 0.3) is 0 Å². The quantitative estimate of drug-likeness (QED) is 0.738. The van der Waals surface area contributed by atoms with E-state index in [1.807, 2.05) is 0 Å². The first-order valence-electron chi connectivity index (χ1n) is 5.52. The van der Waals surface area contributed by atoms with Gasteiger partial charge in [-0.2, -0.15) is 0 Å². The molecule has 3 aliphatic rings. The first-order chi connectivity index (χ1) is 6.61. The van der Waals surface area contributed by atoms with Crippen LogP contribution in [0.2, 0.25) is 0 Å². The summed E-state index contributed by atoms with van der Waals surface area (Å²) in [5, 5.41) is 8.76. The summed E-state index contributed by atoms with van der Waals surface area (Å²) in [7, 11) is 0. The molecule has 0 unspecified atom stereocenters. The molecule has 3 rings (SSSR count). The standard InChI is InChI=1S/C11H15FO2/c12-11-5-6-1-2-8(11)7(4-10(13)14)9(11)3-6/h6-9H,1-5H2,(H,13,14)/t6-,7-,8+,9-,11+/m0/s1. The third-order valence-electron chi connectivity index (χ3n) is 4.75. The lowest BCUT2D eigenvalue weighted by molar-refractivity contribution is -0.158. The molecular formula is C11H15FO2. The molecule has 2 nitrogen and oxygen atoms in total. The van der Waals surface area contributed by atoms with Crippen molar-refractivity contribution in [3.63, 3.8) is 0 Å². The fourth-order valence-electron chi connectivity index (χ4n) is 4.28. The molecule has 3 fully saturated rings. The fourth-order valence-corrected chi connectivity index (χ4v) is 4.28. The maximum Gasteiger partial charge on any atom is 0.303 e. The highest BCUT2D eigenvalue weighted by atomic mass is 19.1. The van der Waals surface area contributed by atoms with E-state index >= 15 is 0 Å². The molecule has 78 valence electrons. The maximum absolute atomic E-state index is 14.3. The van der Waals surface area contributed by atoms with Crippen LogP contribution in [0.15, 0.2) is 0 Å². The summed E-state index contributed by atoms with van der Waals surface area (Å²) in [4.78, 5) is 10.6. The molecule has 3 saturated carbocycles. The van der Waals surface area contributed by atoms with Gasteiger partial charge in [0.15, 0.2) is 0 Å². The van der Waals surface area contributed by atoms with Crippen molar-refractivity contribution in [3.05, 3.63) is 0 Å². The van der Waals surface area contributed by atoms with Crippen LogP contribution < -0.4 is 0 Å². The average molecular weight is 198 g/mol. The summed E-state index contributed by atoms with van der Waals surface area (Å²) in [6, 6.07) is 0. The molecule has 1 N–H and O–H groups in total. The molecular weight excluding hydrogens is 183 g/mol. The van der Waals surface area contributed by atoms with Crippen molar-refractivity contribution >= 4 is 5.97 Å². The summed E-state index contributed by atoms with van der Waals surface area (Å²) in [5.41, 5.74) is -0.955. The van der Waals surface area contributed by atoms with Crippen LogP contribution in [0.4, 0.5) is 4.39 Å². The van der Waals surface area contributed by atoms with Gasteiger partial charge in [-0.05, 0) is 49.4 Å². The van der Waals surface area contributed by atoms with E-state index in [0.29, 0.717) is 5.92 Å². The zero-order valence-electron chi connectivity index (χ0n) is 8.08. The third kappa shape index (κ3) is 0.882. The van der Waals surface area contributed by atoms with Crippen molar-refractivity contribution in [1.29, 1.82) is 0 Å². The van der Waals surface area contributed by atoms with Gasteiger partial charge in [-0.25, -0.2) is 4.39 Å². The van der Waals surface area contributed by atoms with Crippen LogP contribution in [0.3, 0.4) is 0 Å². The maximum atomic E-state index is 14.3. The van der Waals surface area contributed by atoms with Crippen LogP contribution in [0.25, 0.3) is 0 Å². The summed E-state index contributed by atoms with van der Waals surface area (Å²) in [6.45, 7) is 0. The van der Waals surface area contributed by atoms with E-state index in [0.717, 1.165) is 25.7 Å². The van der Waals surface area contributed by atoms with Gasteiger partial charge in [0.2, 0.25) is 0 Å². The zero-order valence-corrected chi connectivity index (χ0v) is 8.08. The predicted octanol–water partition coefficient (Wildman–Crippen LogP) is 2.24. The largest absolute Gasteiger partial charge is 0.481 e. The van der Waals surface area contributed by atoms with E-state index in [2.05, 4.69) is 0 Å². The minimum absolute atomic E-state index is 0.0716. The second kappa shape index (κ2) is 2.50. The number of carboxylic acids is 1. The highest BCUT2D eigenvalue weighted by Crippen LogP contribution is 2.68. The lowest BCUT2D eigenvalue weighted by atomic mass is 9.53. The molecule has 0 heterocycles. The molecule has 0 aromatic heterocycles. The first kappa shape index (κ1) is 8.69. The molecule has 0 aliphatic heterocycles. The molecule has 5 atom stereocenters. The molecule has 0 spiro atoms. The second-order valence-corrected chi connectivity index (χ2v) is 5.28. The summed E-state index contributed by atoms with van der Waals surface area (Å²) < 4.78 is 14.3. The molecule has 0 saturated heterocycles. The van der Waals surface area contributed by atoms with Crippen LogP contribution >= 0.6 is 0 Å². The van der Waals surface area contributed by atoms with E-state index in [1.165, 1.54) is 0 Å². The zero-order chi connectivity index (χ0) is 9.92. The Hall–Kier alpha value is -0.600. The number of aliphatic carboxylic acids is 1. The van der Waals surface area contributed by atoms with Crippen LogP contribution in [-0.4, -0.2) is 16.7 Å². The van der Waals surface area contributed by atoms with Crippen molar-refractivity contribution in [2.45, 2.75) is 37.8 Å². The van der Waals surface area contributed by atoms with Crippen LogP contribution in [0.1, 0.15) is 32.1 Å². The molecule has 2 bridgehead atoms. The van der Waals surface area contributed by atoms with Crippen molar-refractivity contribution in [2.75, 3.05) is 0 Å². The SMILES string of the molecule is O=C(O)C[C@H]1[C@H]2CC[C@H]3C[C@@H]1[C@@]2(F)C3. The van der Waals surface area contributed by atoms with Gasteiger partial charge >= 0.3 is 5.97 Å². The summed E-state index contributed by atoms with van der Waals surface area (Å²) in [5.74, 6) is 0.0934. The minimum atomic E-state index is -0.955. The monoisotopic (exact) mass is 198 g/mol.